The van der Waals surface area contributed by atoms with Crippen molar-refractivity contribution >= 4 is 22.1 Å². The maximum absolute atomic E-state index is 11.3. The van der Waals surface area contributed by atoms with Crippen LogP contribution in [0.1, 0.15) is 19.3 Å². The zero-order valence-electron chi connectivity index (χ0n) is 8.42. The van der Waals surface area contributed by atoms with E-state index >= 15 is 0 Å². The normalized spacial score (nSPS) is 28.8. The van der Waals surface area contributed by atoms with Crippen LogP contribution in [0.15, 0.2) is 4.99 Å². The van der Waals surface area contributed by atoms with Gasteiger partial charge in [0.1, 0.15) is 5.84 Å². The molecule has 2 aliphatic rings. The van der Waals surface area contributed by atoms with Gasteiger partial charge in [-0.2, -0.15) is 0 Å². The molecule has 6 heteroatoms. The number of hydrogen-bond acceptors (Lipinski definition) is 4. The molecule has 2 rings (SSSR count). The fraction of sp³-hybridized carbons (Fsp3) is 0.778. The van der Waals surface area contributed by atoms with E-state index in [0.29, 0.717) is 6.42 Å². The highest BCUT2D eigenvalue weighted by atomic mass is 32.2. The molecule has 1 saturated heterocycles. The first-order valence-electron chi connectivity index (χ1n) is 5.10. The largest absolute Gasteiger partial charge is 0.299 e. The van der Waals surface area contributed by atoms with Crippen molar-refractivity contribution in [1.29, 1.82) is 0 Å². The van der Waals surface area contributed by atoms with Crippen LogP contribution in [0.5, 0.6) is 0 Å². The molecule has 1 atom stereocenters. The van der Waals surface area contributed by atoms with Gasteiger partial charge in [-0.05, 0) is 12.8 Å². The van der Waals surface area contributed by atoms with E-state index in [-0.39, 0.29) is 17.5 Å². The molecule has 0 unspecified atom stereocenters. The van der Waals surface area contributed by atoms with Gasteiger partial charge in [0.15, 0.2) is 9.84 Å². The van der Waals surface area contributed by atoms with E-state index in [1.165, 1.54) is 4.90 Å². The van der Waals surface area contributed by atoms with E-state index in [4.69, 9.17) is 0 Å². The standard InChI is InChI=1S/C9H14N2O3S/c12-7-11(9-2-1-4-10-9)8-3-5-15(13,14)6-8/h7-8H,1-6H2/t8-/m1/s1. The molecule has 0 aromatic rings. The number of carbonyl (C=O) groups excluding carboxylic acids is 1. The minimum Gasteiger partial charge on any atom is -0.299 e. The van der Waals surface area contributed by atoms with Crippen molar-refractivity contribution in [3.8, 4) is 0 Å². The molecular formula is C9H14N2O3S. The van der Waals surface area contributed by atoms with Gasteiger partial charge < -0.3 is 0 Å². The van der Waals surface area contributed by atoms with Crippen LogP contribution in [-0.4, -0.2) is 49.7 Å². The Labute approximate surface area is 89.1 Å². The topological polar surface area (TPSA) is 66.8 Å². The van der Waals surface area contributed by atoms with Crippen molar-refractivity contribution in [2.45, 2.75) is 25.3 Å². The first kappa shape index (κ1) is 10.6. The fourth-order valence-corrected chi connectivity index (χ4v) is 3.80. The average Bonchev–Trinajstić information content (AvgIpc) is 2.77. The number of sulfone groups is 1. The summed E-state index contributed by atoms with van der Waals surface area (Å²) in [6.45, 7) is 0.749. The number of nitrogens with zero attached hydrogens (tertiary/aromatic N) is 2. The van der Waals surface area contributed by atoms with Gasteiger partial charge in [0, 0.05) is 13.0 Å². The molecule has 5 nitrogen and oxygen atoms in total. The number of aliphatic imine (C=N–C) groups is 1. The lowest BCUT2D eigenvalue weighted by atomic mass is 10.2. The zero-order valence-corrected chi connectivity index (χ0v) is 9.24. The van der Waals surface area contributed by atoms with E-state index in [1.807, 2.05) is 0 Å². The monoisotopic (exact) mass is 230 g/mol. The van der Waals surface area contributed by atoms with Crippen molar-refractivity contribution in [2.75, 3.05) is 18.1 Å². The summed E-state index contributed by atoms with van der Waals surface area (Å²) in [4.78, 5) is 16.7. The molecule has 15 heavy (non-hydrogen) atoms. The Morgan fingerprint density at radius 2 is 2.27 bits per heavy atom. The Kier molecular flexibility index (Phi) is 2.77. The molecule has 0 radical (unpaired) electrons. The predicted octanol–water partition coefficient (Wildman–Crippen LogP) is -0.176. The molecule has 0 aliphatic carbocycles. The number of amides is 1. The van der Waals surface area contributed by atoms with Crippen molar-refractivity contribution in [2.24, 2.45) is 4.99 Å². The predicted molar refractivity (Wildman–Crippen MR) is 56.5 cm³/mol. The maximum Gasteiger partial charge on any atom is 0.215 e. The van der Waals surface area contributed by atoms with Crippen LogP contribution in [0, 0.1) is 0 Å². The Hall–Kier alpha value is -0.910. The summed E-state index contributed by atoms with van der Waals surface area (Å²) in [6, 6.07) is -0.190. The summed E-state index contributed by atoms with van der Waals surface area (Å²) in [7, 11) is -2.94. The third kappa shape index (κ3) is 2.19. The van der Waals surface area contributed by atoms with Crippen LogP contribution in [0.4, 0.5) is 0 Å². The fourth-order valence-electron chi connectivity index (χ4n) is 2.09. The third-order valence-electron chi connectivity index (χ3n) is 2.87. The van der Waals surface area contributed by atoms with Crippen LogP contribution >= 0.6 is 0 Å². The zero-order chi connectivity index (χ0) is 10.9. The lowest BCUT2D eigenvalue weighted by molar-refractivity contribution is -0.116. The SMILES string of the molecule is O=CN(C1=NCCC1)[C@@H]1CCS(=O)(=O)C1. The molecule has 0 spiro atoms. The maximum atomic E-state index is 11.3. The van der Waals surface area contributed by atoms with Gasteiger partial charge >= 0.3 is 0 Å². The molecule has 0 bridgehead atoms. The van der Waals surface area contributed by atoms with E-state index in [9.17, 15) is 13.2 Å². The first-order valence-corrected chi connectivity index (χ1v) is 6.92. The molecule has 2 aliphatic heterocycles. The van der Waals surface area contributed by atoms with E-state index < -0.39 is 9.84 Å². The number of rotatable bonds is 2. The second kappa shape index (κ2) is 3.92. The lowest BCUT2D eigenvalue weighted by Gasteiger charge is -2.23. The van der Waals surface area contributed by atoms with E-state index in [0.717, 1.165) is 31.6 Å². The molecule has 0 N–H and O–H groups in total. The minimum atomic E-state index is -2.94. The summed E-state index contributed by atoms with van der Waals surface area (Å²) in [6.07, 6.45) is 3.00. The number of hydrogen-bond donors (Lipinski definition) is 0. The van der Waals surface area contributed by atoms with Gasteiger partial charge in [-0.3, -0.25) is 14.7 Å². The highest BCUT2D eigenvalue weighted by Crippen LogP contribution is 2.19. The summed E-state index contributed by atoms with van der Waals surface area (Å²) >= 11 is 0. The molecule has 1 fully saturated rings. The summed E-state index contributed by atoms with van der Waals surface area (Å²) in [5, 5.41) is 0. The summed E-state index contributed by atoms with van der Waals surface area (Å²) in [5.41, 5.74) is 0. The molecule has 2 heterocycles. The highest BCUT2D eigenvalue weighted by Gasteiger charge is 2.34. The van der Waals surface area contributed by atoms with Gasteiger partial charge in [-0.25, -0.2) is 8.42 Å². The Balaban J connectivity index is 2.11. The summed E-state index contributed by atoms with van der Waals surface area (Å²) in [5.74, 6) is 1.03. The van der Waals surface area contributed by atoms with E-state index in [2.05, 4.69) is 4.99 Å². The van der Waals surface area contributed by atoms with Crippen LogP contribution in [0.3, 0.4) is 0 Å². The second-order valence-corrected chi connectivity index (χ2v) is 6.20. The van der Waals surface area contributed by atoms with Gasteiger partial charge in [0.2, 0.25) is 6.41 Å². The Morgan fingerprint density at radius 1 is 1.47 bits per heavy atom. The molecule has 1 amide bonds. The van der Waals surface area contributed by atoms with Gasteiger partial charge in [-0.15, -0.1) is 0 Å². The number of amidine groups is 1. The summed E-state index contributed by atoms with van der Waals surface area (Å²) < 4.78 is 22.6. The van der Waals surface area contributed by atoms with Crippen molar-refractivity contribution in [1.82, 2.24) is 4.90 Å². The van der Waals surface area contributed by atoms with Crippen LogP contribution in [-0.2, 0) is 14.6 Å². The minimum absolute atomic E-state index is 0.0881. The van der Waals surface area contributed by atoms with Crippen molar-refractivity contribution in [3.63, 3.8) is 0 Å². The highest BCUT2D eigenvalue weighted by molar-refractivity contribution is 7.91. The van der Waals surface area contributed by atoms with Crippen molar-refractivity contribution in [3.05, 3.63) is 0 Å². The van der Waals surface area contributed by atoms with Gasteiger partial charge in [-0.1, -0.05) is 0 Å². The Bertz CT molecular complexity index is 388. The first-order chi connectivity index (χ1) is 7.12. The van der Waals surface area contributed by atoms with Gasteiger partial charge in [0.25, 0.3) is 0 Å². The second-order valence-electron chi connectivity index (χ2n) is 3.97. The van der Waals surface area contributed by atoms with E-state index in [1.54, 1.807) is 0 Å². The third-order valence-corrected chi connectivity index (χ3v) is 4.62. The van der Waals surface area contributed by atoms with Gasteiger partial charge in [0.05, 0.1) is 17.5 Å². The molecule has 0 saturated carbocycles. The number of carbonyl (C=O) groups is 1. The smallest absolute Gasteiger partial charge is 0.215 e. The molecular weight excluding hydrogens is 216 g/mol. The van der Waals surface area contributed by atoms with Crippen LogP contribution in [0.25, 0.3) is 0 Å². The molecule has 0 aromatic carbocycles. The van der Waals surface area contributed by atoms with Crippen LogP contribution < -0.4 is 0 Å². The Morgan fingerprint density at radius 3 is 2.73 bits per heavy atom. The van der Waals surface area contributed by atoms with Crippen molar-refractivity contribution < 1.29 is 13.2 Å². The molecule has 84 valence electrons. The average molecular weight is 230 g/mol. The molecule has 0 aromatic heterocycles. The van der Waals surface area contributed by atoms with Crippen LogP contribution in [0.2, 0.25) is 0 Å². The lowest BCUT2D eigenvalue weighted by Crippen LogP contribution is -2.39. The quantitative estimate of drug-likeness (QED) is 0.618.